The van der Waals surface area contributed by atoms with Crippen molar-refractivity contribution in [2.24, 2.45) is 5.92 Å². The van der Waals surface area contributed by atoms with Crippen LogP contribution in [0.5, 0.6) is 0 Å². The van der Waals surface area contributed by atoms with Gasteiger partial charge in [0.2, 0.25) is 0 Å². The van der Waals surface area contributed by atoms with Crippen LogP contribution >= 0.6 is 11.6 Å². The Morgan fingerprint density at radius 1 is 1.33 bits per heavy atom. The Balaban J connectivity index is 2.82. The maximum absolute atomic E-state index is 5.44. The van der Waals surface area contributed by atoms with E-state index in [1.54, 1.807) is 0 Å². The molecule has 0 bridgehead atoms. The monoisotopic (exact) mass is 193 g/mol. The predicted molar refractivity (Wildman–Crippen MR) is 53.9 cm³/mol. The molecule has 74 valence electrons. The number of nitrogens with one attached hydrogen (secondary N) is 1. The fraction of sp³-hybridized carbons (Fsp3) is 1.00. The standard InChI is InChI=1S/C9H20ClNO/c1-9(2)8-11-5-3-6-12-7-4-10/h9,11H,3-8H2,1-2H3. The second kappa shape index (κ2) is 9.30. The lowest BCUT2D eigenvalue weighted by molar-refractivity contribution is 0.146. The summed E-state index contributed by atoms with van der Waals surface area (Å²) in [5.74, 6) is 1.33. The number of alkyl halides is 1. The van der Waals surface area contributed by atoms with E-state index in [-0.39, 0.29) is 0 Å². The van der Waals surface area contributed by atoms with Crippen molar-refractivity contribution < 1.29 is 4.74 Å². The molecule has 0 spiro atoms. The molecule has 1 N–H and O–H groups in total. The van der Waals surface area contributed by atoms with Gasteiger partial charge in [0.1, 0.15) is 0 Å². The molecule has 12 heavy (non-hydrogen) atoms. The van der Waals surface area contributed by atoms with E-state index in [9.17, 15) is 0 Å². The molecule has 0 unspecified atom stereocenters. The van der Waals surface area contributed by atoms with Crippen LogP contribution in [0.15, 0.2) is 0 Å². The van der Waals surface area contributed by atoms with E-state index in [1.165, 1.54) is 0 Å². The molecule has 0 aliphatic heterocycles. The number of ether oxygens (including phenoxy) is 1. The van der Waals surface area contributed by atoms with E-state index in [1.807, 2.05) is 0 Å². The average Bonchev–Trinajstić information content (AvgIpc) is 2.02. The maximum Gasteiger partial charge on any atom is 0.0601 e. The molecule has 0 aromatic carbocycles. The van der Waals surface area contributed by atoms with Crippen LogP contribution in [0.1, 0.15) is 20.3 Å². The van der Waals surface area contributed by atoms with Gasteiger partial charge in [0.05, 0.1) is 6.61 Å². The van der Waals surface area contributed by atoms with Gasteiger partial charge in [-0.3, -0.25) is 0 Å². The fourth-order valence-corrected chi connectivity index (χ4v) is 0.956. The SMILES string of the molecule is CC(C)CNCCCOCCCl. The van der Waals surface area contributed by atoms with E-state index in [4.69, 9.17) is 16.3 Å². The van der Waals surface area contributed by atoms with E-state index >= 15 is 0 Å². The minimum Gasteiger partial charge on any atom is -0.380 e. The normalized spacial score (nSPS) is 11.0. The third kappa shape index (κ3) is 10.2. The van der Waals surface area contributed by atoms with E-state index < -0.39 is 0 Å². The fourth-order valence-electron chi connectivity index (χ4n) is 0.847. The molecule has 0 saturated heterocycles. The van der Waals surface area contributed by atoms with Gasteiger partial charge >= 0.3 is 0 Å². The Kier molecular flexibility index (Phi) is 9.46. The van der Waals surface area contributed by atoms with Crippen molar-refractivity contribution >= 4 is 11.6 Å². The molecule has 0 aliphatic rings. The zero-order chi connectivity index (χ0) is 9.23. The lowest BCUT2D eigenvalue weighted by Crippen LogP contribution is -2.21. The Morgan fingerprint density at radius 2 is 2.08 bits per heavy atom. The maximum atomic E-state index is 5.44. The first-order chi connectivity index (χ1) is 5.77. The van der Waals surface area contributed by atoms with Crippen LogP contribution in [0.25, 0.3) is 0 Å². The van der Waals surface area contributed by atoms with Crippen molar-refractivity contribution in [1.29, 1.82) is 0 Å². The average molecular weight is 194 g/mol. The molecule has 0 aromatic rings. The van der Waals surface area contributed by atoms with Crippen LogP contribution in [0, 0.1) is 5.92 Å². The summed E-state index contributed by atoms with van der Waals surface area (Å²) in [4.78, 5) is 0. The van der Waals surface area contributed by atoms with Crippen molar-refractivity contribution in [3.63, 3.8) is 0 Å². The van der Waals surface area contributed by atoms with Crippen molar-refractivity contribution in [3.05, 3.63) is 0 Å². The summed E-state index contributed by atoms with van der Waals surface area (Å²) in [5, 5.41) is 3.35. The number of hydrogen-bond acceptors (Lipinski definition) is 2. The van der Waals surface area contributed by atoms with Crippen LogP contribution in [0.2, 0.25) is 0 Å². The van der Waals surface area contributed by atoms with Gasteiger partial charge < -0.3 is 10.1 Å². The first-order valence-corrected chi connectivity index (χ1v) is 5.15. The van der Waals surface area contributed by atoms with Gasteiger partial charge in [0, 0.05) is 12.5 Å². The molecule has 0 fully saturated rings. The van der Waals surface area contributed by atoms with Crippen molar-refractivity contribution in [3.8, 4) is 0 Å². The van der Waals surface area contributed by atoms with Crippen molar-refractivity contribution in [2.45, 2.75) is 20.3 Å². The molecule has 0 aromatic heterocycles. The van der Waals surface area contributed by atoms with E-state index in [0.29, 0.717) is 12.5 Å². The highest BCUT2D eigenvalue weighted by molar-refractivity contribution is 6.17. The van der Waals surface area contributed by atoms with Gasteiger partial charge in [0.25, 0.3) is 0 Å². The van der Waals surface area contributed by atoms with Gasteiger partial charge in [-0.25, -0.2) is 0 Å². The van der Waals surface area contributed by atoms with Gasteiger partial charge in [-0.2, -0.15) is 0 Å². The quantitative estimate of drug-likeness (QED) is 0.470. The molecule has 2 nitrogen and oxygen atoms in total. The Morgan fingerprint density at radius 3 is 2.67 bits per heavy atom. The summed E-state index contributed by atoms with van der Waals surface area (Å²) < 4.78 is 5.22. The predicted octanol–water partition coefficient (Wildman–Crippen LogP) is 1.88. The lowest BCUT2D eigenvalue weighted by Gasteiger charge is -2.06. The van der Waals surface area contributed by atoms with Crippen LogP contribution in [-0.2, 0) is 4.74 Å². The topological polar surface area (TPSA) is 21.3 Å². The van der Waals surface area contributed by atoms with Crippen LogP contribution in [0.3, 0.4) is 0 Å². The molecule has 0 saturated carbocycles. The molecular weight excluding hydrogens is 174 g/mol. The highest BCUT2D eigenvalue weighted by Gasteiger charge is 1.92. The summed E-state index contributed by atoms with van der Waals surface area (Å²) in [7, 11) is 0. The summed E-state index contributed by atoms with van der Waals surface area (Å²) in [5.41, 5.74) is 0. The highest BCUT2D eigenvalue weighted by atomic mass is 35.5. The third-order valence-corrected chi connectivity index (χ3v) is 1.57. The smallest absolute Gasteiger partial charge is 0.0601 e. The van der Waals surface area contributed by atoms with Crippen molar-refractivity contribution in [2.75, 3.05) is 32.2 Å². The first kappa shape index (κ1) is 12.2. The summed E-state index contributed by atoms with van der Waals surface area (Å²) in [6.45, 7) is 8.04. The van der Waals surface area contributed by atoms with E-state index in [0.717, 1.165) is 32.0 Å². The lowest BCUT2D eigenvalue weighted by atomic mass is 10.2. The number of halogens is 1. The van der Waals surface area contributed by atoms with Crippen LogP contribution < -0.4 is 5.32 Å². The molecular formula is C9H20ClNO. The Bertz CT molecular complexity index is 88.6. The number of rotatable bonds is 8. The zero-order valence-corrected chi connectivity index (χ0v) is 8.86. The van der Waals surface area contributed by atoms with Gasteiger partial charge in [-0.05, 0) is 25.4 Å². The second-order valence-electron chi connectivity index (χ2n) is 3.25. The van der Waals surface area contributed by atoms with Gasteiger partial charge in [-0.1, -0.05) is 13.8 Å². The Labute approximate surface area is 80.6 Å². The Hall–Kier alpha value is 0.210. The van der Waals surface area contributed by atoms with Crippen LogP contribution in [-0.4, -0.2) is 32.2 Å². The molecule has 0 aliphatic carbocycles. The minimum atomic E-state index is 0.597. The van der Waals surface area contributed by atoms with Crippen molar-refractivity contribution in [1.82, 2.24) is 5.32 Å². The van der Waals surface area contributed by atoms with Gasteiger partial charge in [-0.15, -0.1) is 11.6 Å². The summed E-state index contributed by atoms with van der Waals surface area (Å²) in [6.07, 6.45) is 1.07. The number of hydrogen-bond donors (Lipinski definition) is 1. The molecule has 3 heteroatoms. The molecule has 0 amide bonds. The summed E-state index contributed by atoms with van der Waals surface area (Å²) in [6, 6.07) is 0. The summed E-state index contributed by atoms with van der Waals surface area (Å²) >= 11 is 5.44. The largest absolute Gasteiger partial charge is 0.380 e. The van der Waals surface area contributed by atoms with Gasteiger partial charge in [0.15, 0.2) is 0 Å². The molecule has 0 atom stereocenters. The minimum absolute atomic E-state index is 0.597. The third-order valence-electron chi connectivity index (χ3n) is 1.42. The zero-order valence-electron chi connectivity index (χ0n) is 8.11. The molecule has 0 rings (SSSR count). The highest BCUT2D eigenvalue weighted by Crippen LogP contribution is 1.88. The molecule has 0 heterocycles. The second-order valence-corrected chi connectivity index (χ2v) is 3.63. The molecule has 0 radical (unpaired) electrons. The van der Waals surface area contributed by atoms with Crippen LogP contribution in [0.4, 0.5) is 0 Å². The van der Waals surface area contributed by atoms with E-state index in [2.05, 4.69) is 19.2 Å². The first-order valence-electron chi connectivity index (χ1n) is 4.61.